The molecule has 0 spiro atoms. The molecule has 4 nitrogen and oxygen atoms in total. The van der Waals surface area contributed by atoms with Crippen molar-refractivity contribution in [2.45, 2.75) is 0 Å². The van der Waals surface area contributed by atoms with Gasteiger partial charge in [-0.2, -0.15) is 0 Å². The van der Waals surface area contributed by atoms with Gasteiger partial charge in [-0.1, -0.05) is 176 Å². The number of para-hydroxylation sites is 1. The number of hydrogen-bond donors (Lipinski definition) is 0. The van der Waals surface area contributed by atoms with E-state index in [2.05, 4.69) is 174 Å². The Bertz CT molecular complexity index is 2950. The first-order valence-corrected chi connectivity index (χ1v) is 18.5. The van der Waals surface area contributed by atoms with E-state index in [9.17, 15) is 0 Å². The lowest BCUT2D eigenvalue weighted by molar-refractivity contribution is 1.07. The Kier molecular flexibility index (Phi) is 8.12. The highest BCUT2D eigenvalue weighted by Gasteiger charge is 2.16. The molecule has 0 unspecified atom stereocenters. The molecule has 10 rings (SSSR count). The number of hydrogen-bond acceptors (Lipinski definition) is 3. The van der Waals surface area contributed by atoms with Gasteiger partial charge >= 0.3 is 0 Å². The first-order chi connectivity index (χ1) is 27.2. The van der Waals surface area contributed by atoms with E-state index in [4.69, 9.17) is 15.0 Å². The lowest BCUT2D eigenvalue weighted by atomic mass is 10.0. The number of nitrogens with zero attached hydrogens (tertiary/aromatic N) is 4. The zero-order chi connectivity index (χ0) is 36.6. The fourth-order valence-corrected chi connectivity index (χ4v) is 7.51. The molecular weight excluding hydrogens is 669 g/mol. The van der Waals surface area contributed by atoms with Gasteiger partial charge in [0.1, 0.15) is 0 Å². The Labute approximate surface area is 319 Å². The predicted octanol–water partition coefficient (Wildman–Crippen LogP) is 13.0. The van der Waals surface area contributed by atoms with Gasteiger partial charge in [-0.15, -0.1) is 0 Å². The molecule has 0 fully saturated rings. The van der Waals surface area contributed by atoms with Crippen LogP contribution in [0.2, 0.25) is 0 Å². The van der Waals surface area contributed by atoms with Crippen molar-refractivity contribution in [1.29, 1.82) is 0 Å². The summed E-state index contributed by atoms with van der Waals surface area (Å²) in [6.07, 6.45) is 0. The normalized spacial score (nSPS) is 11.3. The van der Waals surface area contributed by atoms with Crippen LogP contribution >= 0.6 is 0 Å². The maximum Gasteiger partial charge on any atom is 0.164 e. The molecule has 4 heteroatoms. The van der Waals surface area contributed by atoms with Gasteiger partial charge in [-0.05, 0) is 63.7 Å². The molecule has 0 aliphatic carbocycles. The monoisotopic (exact) mass is 702 g/mol. The van der Waals surface area contributed by atoms with E-state index in [1.807, 2.05) is 36.4 Å². The molecule has 2 aromatic heterocycles. The minimum absolute atomic E-state index is 0.633. The molecule has 0 atom stereocenters. The van der Waals surface area contributed by atoms with E-state index in [1.165, 1.54) is 32.9 Å². The number of fused-ring (bicyclic) bond motifs is 3. The molecule has 10 aromatic rings. The molecule has 55 heavy (non-hydrogen) atoms. The summed E-state index contributed by atoms with van der Waals surface area (Å²) in [6, 6.07) is 72.3. The Morgan fingerprint density at radius 1 is 0.255 bits per heavy atom. The summed E-state index contributed by atoms with van der Waals surface area (Å²) < 4.78 is 2.39. The second-order valence-electron chi connectivity index (χ2n) is 13.7. The van der Waals surface area contributed by atoms with Gasteiger partial charge in [0.05, 0.1) is 11.0 Å². The van der Waals surface area contributed by atoms with Crippen LogP contribution in [-0.2, 0) is 0 Å². The molecule has 2 heterocycles. The average molecular weight is 703 g/mol. The van der Waals surface area contributed by atoms with Crippen molar-refractivity contribution in [2.24, 2.45) is 0 Å². The Hall–Kier alpha value is -7.43. The SMILES string of the molecule is c1ccc(-c2cccc(-c3nc(-c4ccccc4)nc(-c4ccc(-c5cccc(-n6c7ccccc7c7ccc(-c8ccccc8)cc76)c5)cc4)n3)c2)cc1. The van der Waals surface area contributed by atoms with Crippen LogP contribution < -0.4 is 0 Å². The first kappa shape index (κ1) is 32.2. The van der Waals surface area contributed by atoms with Crippen molar-refractivity contribution >= 4 is 21.8 Å². The van der Waals surface area contributed by atoms with E-state index in [0.29, 0.717) is 17.5 Å². The summed E-state index contributed by atoms with van der Waals surface area (Å²) in [7, 11) is 0. The van der Waals surface area contributed by atoms with Crippen molar-refractivity contribution in [1.82, 2.24) is 19.5 Å². The standard InChI is InChI=1S/C51H34N4/c1-4-14-35(15-5-1)40-20-12-22-43(32-40)51-53-49(38-18-8-3-9-19-38)52-50(54-51)39-28-26-37(27-29-39)41-21-13-23-44(33-41)55-47-25-11-10-24-45(47)46-31-30-42(34-48(46)55)36-16-6-2-7-17-36/h1-34H. The minimum atomic E-state index is 0.633. The van der Waals surface area contributed by atoms with Crippen molar-refractivity contribution in [2.75, 3.05) is 0 Å². The number of aromatic nitrogens is 4. The summed E-state index contributed by atoms with van der Waals surface area (Å²) in [5.74, 6) is 1.91. The van der Waals surface area contributed by atoms with Gasteiger partial charge in [0.2, 0.25) is 0 Å². The fraction of sp³-hybridized carbons (Fsp3) is 0. The van der Waals surface area contributed by atoms with Crippen LogP contribution in [0.15, 0.2) is 206 Å². The summed E-state index contributed by atoms with van der Waals surface area (Å²) in [6.45, 7) is 0. The van der Waals surface area contributed by atoms with Crippen LogP contribution in [-0.4, -0.2) is 19.5 Å². The lowest BCUT2D eigenvalue weighted by Gasteiger charge is -2.12. The second kappa shape index (κ2) is 13.8. The Morgan fingerprint density at radius 3 is 1.35 bits per heavy atom. The molecular formula is C51H34N4. The zero-order valence-corrected chi connectivity index (χ0v) is 29.9. The highest BCUT2D eigenvalue weighted by atomic mass is 15.0. The average Bonchev–Trinajstić information content (AvgIpc) is 3.61. The summed E-state index contributed by atoms with van der Waals surface area (Å²) in [5.41, 5.74) is 13.2. The van der Waals surface area contributed by atoms with Crippen LogP contribution in [0.3, 0.4) is 0 Å². The molecule has 0 N–H and O–H groups in total. The maximum atomic E-state index is 5.05. The minimum Gasteiger partial charge on any atom is -0.309 e. The van der Waals surface area contributed by atoms with Gasteiger partial charge in [0.25, 0.3) is 0 Å². The Balaban J connectivity index is 1.04. The van der Waals surface area contributed by atoms with E-state index < -0.39 is 0 Å². The molecule has 0 aliphatic heterocycles. The first-order valence-electron chi connectivity index (χ1n) is 18.5. The second-order valence-corrected chi connectivity index (χ2v) is 13.7. The van der Waals surface area contributed by atoms with Crippen molar-refractivity contribution < 1.29 is 0 Å². The van der Waals surface area contributed by atoms with Crippen molar-refractivity contribution in [3.05, 3.63) is 206 Å². The largest absolute Gasteiger partial charge is 0.309 e. The summed E-state index contributed by atoms with van der Waals surface area (Å²) >= 11 is 0. The molecule has 0 aliphatic rings. The van der Waals surface area contributed by atoms with E-state index >= 15 is 0 Å². The molecule has 8 aromatic carbocycles. The van der Waals surface area contributed by atoms with Crippen LogP contribution in [0, 0.1) is 0 Å². The van der Waals surface area contributed by atoms with Gasteiger partial charge < -0.3 is 4.57 Å². The van der Waals surface area contributed by atoms with E-state index in [0.717, 1.165) is 44.6 Å². The third-order valence-electron chi connectivity index (χ3n) is 10.3. The van der Waals surface area contributed by atoms with Crippen LogP contribution in [0.25, 0.3) is 95.0 Å². The van der Waals surface area contributed by atoms with E-state index in [1.54, 1.807) is 0 Å². The zero-order valence-electron chi connectivity index (χ0n) is 29.9. The van der Waals surface area contributed by atoms with Crippen LogP contribution in [0.4, 0.5) is 0 Å². The predicted molar refractivity (Wildman–Crippen MR) is 227 cm³/mol. The third kappa shape index (κ3) is 6.16. The smallest absolute Gasteiger partial charge is 0.164 e. The van der Waals surface area contributed by atoms with Gasteiger partial charge in [-0.3, -0.25) is 0 Å². The lowest BCUT2D eigenvalue weighted by Crippen LogP contribution is -2.00. The third-order valence-corrected chi connectivity index (χ3v) is 10.3. The van der Waals surface area contributed by atoms with Crippen LogP contribution in [0.1, 0.15) is 0 Å². The van der Waals surface area contributed by atoms with E-state index in [-0.39, 0.29) is 0 Å². The van der Waals surface area contributed by atoms with Gasteiger partial charge in [-0.25, -0.2) is 15.0 Å². The van der Waals surface area contributed by atoms with Gasteiger partial charge in [0, 0.05) is 33.2 Å². The highest BCUT2D eigenvalue weighted by molar-refractivity contribution is 6.10. The number of rotatable bonds is 7. The summed E-state index contributed by atoms with van der Waals surface area (Å²) in [5, 5.41) is 2.48. The molecule has 0 radical (unpaired) electrons. The number of benzene rings is 8. The molecule has 0 amide bonds. The van der Waals surface area contributed by atoms with Gasteiger partial charge in [0.15, 0.2) is 17.5 Å². The maximum absolute atomic E-state index is 5.05. The van der Waals surface area contributed by atoms with Crippen molar-refractivity contribution in [3.8, 4) is 73.2 Å². The molecule has 0 bridgehead atoms. The highest BCUT2D eigenvalue weighted by Crippen LogP contribution is 2.36. The molecule has 0 saturated heterocycles. The Morgan fingerprint density at radius 2 is 0.673 bits per heavy atom. The quantitative estimate of drug-likeness (QED) is 0.166. The van der Waals surface area contributed by atoms with Crippen LogP contribution in [0.5, 0.6) is 0 Å². The fourth-order valence-electron chi connectivity index (χ4n) is 7.51. The topological polar surface area (TPSA) is 43.6 Å². The molecule has 258 valence electrons. The molecule has 0 saturated carbocycles. The van der Waals surface area contributed by atoms with Crippen molar-refractivity contribution in [3.63, 3.8) is 0 Å². The summed E-state index contributed by atoms with van der Waals surface area (Å²) in [4.78, 5) is 15.0.